The van der Waals surface area contributed by atoms with Crippen molar-refractivity contribution in [3.63, 3.8) is 0 Å². The molecule has 0 aromatic heterocycles. The number of aliphatic hydroxyl groups excluding tert-OH is 1. The van der Waals surface area contributed by atoms with Crippen molar-refractivity contribution in [1.29, 1.82) is 0 Å². The summed E-state index contributed by atoms with van der Waals surface area (Å²) < 4.78 is 0.325. The third kappa shape index (κ3) is 3.10. The summed E-state index contributed by atoms with van der Waals surface area (Å²) in [6.07, 6.45) is -0.733. The maximum atomic E-state index is 9.88. The van der Waals surface area contributed by atoms with Gasteiger partial charge in [-0.1, -0.05) is 19.9 Å². The molecule has 0 saturated heterocycles. The Bertz CT molecular complexity index is 368. The maximum Gasteiger partial charge on any atom is 0.172 e. The number of halogens is 1. The quantitative estimate of drug-likeness (QED) is 0.639. The predicted octanol–water partition coefficient (Wildman–Crippen LogP) is 1.89. The highest BCUT2D eigenvalue weighted by Crippen LogP contribution is 2.38. The molecule has 1 atom stereocenters. The van der Waals surface area contributed by atoms with Gasteiger partial charge in [0.1, 0.15) is 0 Å². The molecule has 1 rings (SSSR count). The third-order valence-corrected chi connectivity index (χ3v) is 3.04. The van der Waals surface area contributed by atoms with Crippen LogP contribution >= 0.6 is 15.9 Å². The number of aromatic hydroxyl groups is 2. The largest absolute Gasteiger partial charge is 0.504 e. The van der Waals surface area contributed by atoms with Gasteiger partial charge in [0.2, 0.25) is 0 Å². The smallest absolute Gasteiger partial charge is 0.172 e. The van der Waals surface area contributed by atoms with Crippen molar-refractivity contribution in [2.24, 2.45) is 0 Å². The molecule has 0 fully saturated rings. The molecule has 0 amide bonds. The molecule has 0 radical (unpaired) electrons. The van der Waals surface area contributed by atoms with E-state index in [1.807, 2.05) is 13.8 Å². The lowest BCUT2D eigenvalue weighted by atomic mass is 10.1. The van der Waals surface area contributed by atoms with E-state index in [1.54, 1.807) is 6.07 Å². The Morgan fingerprint density at radius 3 is 2.50 bits per heavy atom. The van der Waals surface area contributed by atoms with Crippen LogP contribution in [-0.4, -0.2) is 27.9 Å². The van der Waals surface area contributed by atoms with Crippen LogP contribution in [-0.2, 0) is 0 Å². The van der Waals surface area contributed by atoms with Crippen LogP contribution in [0.4, 0.5) is 0 Å². The molecule has 16 heavy (non-hydrogen) atoms. The zero-order chi connectivity index (χ0) is 12.3. The van der Waals surface area contributed by atoms with Crippen molar-refractivity contribution >= 4 is 15.9 Å². The van der Waals surface area contributed by atoms with Gasteiger partial charge in [0.15, 0.2) is 11.5 Å². The first-order valence-electron chi connectivity index (χ1n) is 5.05. The second-order valence-corrected chi connectivity index (χ2v) is 4.71. The lowest BCUT2D eigenvalue weighted by Gasteiger charge is -2.16. The fraction of sp³-hybridized carbons (Fsp3) is 0.455. The van der Waals surface area contributed by atoms with Gasteiger partial charge in [0.25, 0.3) is 0 Å². The van der Waals surface area contributed by atoms with Crippen LogP contribution in [0.25, 0.3) is 0 Å². The van der Waals surface area contributed by atoms with Crippen LogP contribution < -0.4 is 5.32 Å². The summed E-state index contributed by atoms with van der Waals surface area (Å²) in [5, 5.41) is 31.7. The van der Waals surface area contributed by atoms with Crippen LogP contribution in [0.3, 0.4) is 0 Å². The van der Waals surface area contributed by atoms with Crippen molar-refractivity contribution in [3.8, 4) is 11.5 Å². The number of aliphatic hydroxyl groups is 1. The summed E-state index contributed by atoms with van der Waals surface area (Å²) in [5.74, 6) is -0.458. The van der Waals surface area contributed by atoms with Crippen LogP contribution in [0.1, 0.15) is 25.5 Å². The Kier molecular flexibility index (Phi) is 4.58. The molecule has 0 saturated carbocycles. The van der Waals surface area contributed by atoms with Gasteiger partial charge in [-0.05, 0) is 27.6 Å². The van der Waals surface area contributed by atoms with Gasteiger partial charge in [-0.2, -0.15) is 0 Å². The SMILES string of the molecule is CC(C)NCC(O)c1ccc(O)c(O)c1Br. The van der Waals surface area contributed by atoms with Crippen molar-refractivity contribution in [3.05, 3.63) is 22.2 Å². The van der Waals surface area contributed by atoms with E-state index in [-0.39, 0.29) is 17.5 Å². The van der Waals surface area contributed by atoms with Crippen LogP contribution in [0.15, 0.2) is 16.6 Å². The highest BCUT2D eigenvalue weighted by molar-refractivity contribution is 9.10. The molecular weight excluding hydrogens is 274 g/mol. The molecule has 0 heterocycles. The normalized spacial score (nSPS) is 13.1. The van der Waals surface area contributed by atoms with Gasteiger partial charge in [0, 0.05) is 12.6 Å². The zero-order valence-electron chi connectivity index (χ0n) is 9.24. The van der Waals surface area contributed by atoms with E-state index < -0.39 is 6.10 Å². The summed E-state index contributed by atoms with van der Waals surface area (Å²) in [7, 11) is 0. The van der Waals surface area contributed by atoms with Crippen LogP contribution in [0, 0.1) is 0 Å². The maximum absolute atomic E-state index is 9.88. The average molecular weight is 290 g/mol. The number of hydrogen-bond acceptors (Lipinski definition) is 4. The van der Waals surface area contributed by atoms with E-state index in [9.17, 15) is 15.3 Å². The van der Waals surface area contributed by atoms with E-state index in [2.05, 4.69) is 21.2 Å². The molecule has 0 aliphatic carbocycles. The topological polar surface area (TPSA) is 72.7 Å². The summed E-state index contributed by atoms with van der Waals surface area (Å²) in [5.41, 5.74) is 0.545. The molecule has 1 aromatic rings. The second kappa shape index (κ2) is 5.52. The summed E-state index contributed by atoms with van der Waals surface area (Å²) >= 11 is 3.14. The molecular formula is C11H16BrNO3. The molecule has 1 unspecified atom stereocenters. The monoisotopic (exact) mass is 289 g/mol. The van der Waals surface area contributed by atoms with Crippen molar-refractivity contribution < 1.29 is 15.3 Å². The molecule has 4 nitrogen and oxygen atoms in total. The van der Waals surface area contributed by atoms with E-state index in [0.29, 0.717) is 16.6 Å². The van der Waals surface area contributed by atoms with Gasteiger partial charge in [-0.15, -0.1) is 0 Å². The average Bonchev–Trinajstić information content (AvgIpc) is 2.23. The molecule has 0 aliphatic rings. The van der Waals surface area contributed by atoms with Gasteiger partial charge in [-0.3, -0.25) is 0 Å². The second-order valence-electron chi connectivity index (χ2n) is 3.92. The number of benzene rings is 1. The summed E-state index contributed by atoms with van der Waals surface area (Å²) in [4.78, 5) is 0. The standard InChI is InChI=1S/C11H16BrNO3/c1-6(2)13-5-9(15)7-3-4-8(14)11(16)10(7)12/h3-4,6,9,13-16H,5H2,1-2H3. The number of rotatable bonds is 4. The first-order valence-corrected chi connectivity index (χ1v) is 5.84. The highest BCUT2D eigenvalue weighted by Gasteiger charge is 2.16. The van der Waals surface area contributed by atoms with Gasteiger partial charge in [-0.25, -0.2) is 0 Å². The van der Waals surface area contributed by atoms with Crippen LogP contribution in [0.2, 0.25) is 0 Å². The minimum absolute atomic E-state index is 0.209. The predicted molar refractivity (Wildman–Crippen MR) is 65.6 cm³/mol. The fourth-order valence-electron chi connectivity index (χ4n) is 1.28. The lowest BCUT2D eigenvalue weighted by Crippen LogP contribution is -2.28. The Morgan fingerprint density at radius 1 is 1.31 bits per heavy atom. The Hall–Kier alpha value is -0.780. The van der Waals surface area contributed by atoms with E-state index in [0.717, 1.165) is 0 Å². The van der Waals surface area contributed by atoms with E-state index in [4.69, 9.17) is 0 Å². The van der Waals surface area contributed by atoms with Crippen LogP contribution in [0.5, 0.6) is 11.5 Å². The molecule has 0 spiro atoms. The Labute approximate surface area is 103 Å². The number of nitrogens with one attached hydrogen (secondary N) is 1. The highest BCUT2D eigenvalue weighted by atomic mass is 79.9. The molecule has 90 valence electrons. The Morgan fingerprint density at radius 2 is 1.94 bits per heavy atom. The minimum Gasteiger partial charge on any atom is -0.504 e. The fourth-order valence-corrected chi connectivity index (χ4v) is 1.88. The zero-order valence-corrected chi connectivity index (χ0v) is 10.8. The van der Waals surface area contributed by atoms with E-state index in [1.165, 1.54) is 6.07 Å². The summed E-state index contributed by atoms with van der Waals surface area (Å²) in [6, 6.07) is 3.21. The Balaban J connectivity index is 2.84. The molecule has 0 aliphatic heterocycles. The molecule has 4 N–H and O–H groups in total. The molecule has 0 bridgehead atoms. The first kappa shape index (κ1) is 13.3. The van der Waals surface area contributed by atoms with Gasteiger partial charge < -0.3 is 20.6 Å². The van der Waals surface area contributed by atoms with Gasteiger partial charge >= 0.3 is 0 Å². The van der Waals surface area contributed by atoms with Crippen molar-refractivity contribution in [1.82, 2.24) is 5.32 Å². The van der Waals surface area contributed by atoms with Crippen molar-refractivity contribution in [2.75, 3.05) is 6.54 Å². The van der Waals surface area contributed by atoms with E-state index >= 15 is 0 Å². The number of hydrogen-bond donors (Lipinski definition) is 4. The molecule has 1 aromatic carbocycles. The lowest BCUT2D eigenvalue weighted by molar-refractivity contribution is 0.170. The minimum atomic E-state index is -0.733. The number of phenols is 2. The van der Waals surface area contributed by atoms with Gasteiger partial charge in [0.05, 0.1) is 10.6 Å². The number of phenolic OH excluding ortho intramolecular Hbond substituents is 2. The third-order valence-electron chi connectivity index (χ3n) is 2.20. The summed E-state index contributed by atoms with van der Waals surface area (Å²) in [6.45, 7) is 4.35. The molecule has 5 heteroatoms. The van der Waals surface area contributed by atoms with Crippen molar-refractivity contribution in [2.45, 2.75) is 26.0 Å². The first-order chi connectivity index (χ1) is 7.43.